The lowest BCUT2D eigenvalue weighted by Crippen LogP contribution is -2.09. The van der Waals surface area contributed by atoms with Crippen molar-refractivity contribution >= 4 is 23.1 Å². The SMILES string of the molecule is Cc1coc(SCc2ccc(NN)c([N+](=O)[O-])c2)n1. The van der Waals surface area contributed by atoms with Crippen LogP contribution in [0.1, 0.15) is 11.3 Å². The number of nitrogens with two attached hydrogens (primary N) is 1. The second kappa shape index (κ2) is 5.72. The second-order valence-electron chi connectivity index (χ2n) is 3.80. The fourth-order valence-corrected chi connectivity index (χ4v) is 2.28. The fourth-order valence-electron chi connectivity index (χ4n) is 1.48. The first-order chi connectivity index (χ1) is 9.10. The van der Waals surface area contributed by atoms with Gasteiger partial charge in [-0.2, -0.15) is 0 Å². The number of hydrogen-bond donors (Lipinski definition) is 2. The summed E-state index contributed by atoms with van der Waals surface area (Å²) in [5, 5.41) is 11.4. The Hall–Kier alpha value is -2.06. The number of nitrogens with one attached hydrogen (secondary N) is 1. The fraction of sp³-hybridized carbons (Fsp3) is 0.182. The molecule has 0 bridgehead atoms. The monoisotopic (exact) mass is 280 g/mol. The molecule has 0 atom stereocenters. The first kappa shape index (κ1) is 13.4. The predicted octanol–water partition coefficient (Wildman–Crippen LogP) is 2.47. The predicted molar refractivity (Wildman–Crippen MR) is 71.7 cm³/mol. The Bertz CT molecular complexity index is 599. The molecule has 8 heteroatoms. The summed E-state index contributed by atoms with van der Waals surface area (Å²) in [4.78, 5) is 14.6. The van der Waals surface area contributed by atoms with Crippen molar-refractivity contribution in [1.29, 1.82) is 0 Å². The number of nitrogens with zero attached hydrogens (tertiary/aromatic N) is 2. The molecule has 100 valence electrons. The van der Waals surface area contributed by atoms with Gasteiger partial charge >= 0.3 is 0 Å². The molecule has 1 aromatic carbocycles. The quantitative estimate of drug-likeness (QED) is 0.375. The van der Waals surface area contributed by atoms with Gasteiger partial charge in [-0.25, -0.2) is 4.98 Å². The summed E-state index contributed by atoms with van der Waals surface area (Å²) in [5.41, 5.74) is 4.13. The molecule has 1 aromatic heterocycles. The molecule has 0 unspecified atom stereocenters. The average molecular weight is 280 g/mol. The number of hydrazine groups is 1. The summed E-state index contributed by atoms with van der Waals surface area (Å²) in [7, 11) is 0. The van der Waals surface area contributed by atoms with E-state index in [9.17, 15) is 10.1 Å². The standard InChI is InChI=1S/C11H12N4O3S/c1-7-5-18-11(13-7)19-6-8-2-3-9(14-12)10(4-8)15(16)17/h2-5,14H,6,12H2,1H3. The molecule has 0 spiro atoms. The Labute approximate surface area is 113 Å². The normalized spacial score (nSPS) is 10.4. The molecule has 0 aliphatic carbocycles. The van der Waals surface area contributed by atoms with Crippen molar-refractivity contribution in [3.8, 4) is 0 Å². The number of nitro groups is 1. The van der Waals surface area contributed by atoms with E-state index in [1.54, 1.807) is 18.4 Å². The van der Waals surface area contributed by atoms with Gasteiger partial charge in [-0.3, -0.25) is 16.0 Å². The van der Waals surface area contributed by atoms with Gasteiger partial charge in [0.25, 0.3) is 10.9 Å². The molecular weight excluding hydrogens is 268 g/mol. The zero-order valence-electron chi connectivity index (χ0n) is 10.1. The molecule has 0 saturated heterocycles. The number of thioether (sulfide) groups is 1. The van der Waals surface area contributed by atoms with Crippen LogP contribution in [0.15, 0.2) is 34.1 Å². The Morgan fingerprint density at radius 1 is 1.58 bits per heavy atom. The molecule has 0 amide bonds. The maximum atomic E-state index is 10.9. The van der Waals surface area contributed by atoms with E-state index in [0.717, 1.165) is 11.3 Å². The minimum Gasteiger partial charge on any atom is -0.440 e. The van der Waals surface area contributed by atoms with Crippen LogP contribution in [0.2, 0.25) is 0 Å². The molecule has 0 fully saturated rings. The minimum atomic E-state index is -0.474. The summed E-state index contributed by atoms with van der Waals surface area (Å²) in [6.45, 7) is 1.83. The number of nitrogen functional groups attached to an aromatic ring is 1. The maximum Gasteiger partial charge on any atom is 0.293 e. The van der Waals surface area contributed by atoms with E-state index in [-0.39, 0.29) is 11.4 Å². The van der Waals surface area contributed by atoms with Crippen LogP contribution in [-0.2, 0) is 5.75 Å². The zero-order valence-corrected chi connectivity index (χ0v) is 10.9. The zero-order chi connectivity index (χ0) is 13.8. The number of aromatic nitrogens is 1. The second-order valence-corrected chi connectivity index (χ2v) is 4.72. The van der Waals surface area contributed by atoms with Crippen LogP contribution < -0.4 is 11.3 Å². The number of rotatable bonds is 5. The van der Waals surface area contributed by atoms with Crippen LogP contribution >= 0.6 is 11.8 Å². The number of oxazole rings is 1. The largest absolute Gasteiger partial charge is 0.440 e. The first-order valence-corrected chi connectivity index (χ1v) is 6.37. The van der Waals surface area contributed by atoms with Crippen LogP contribution in [0.5, 0.6) is 0 Å². The first-order valence-electron chi connectivity index (χ1n) is 5.39. The van der Waals surface area contributed by atoms with E-state index in [0.29, 0.717) is 11.0 Å². The highest BCUT2D eigenvalue weighted by molar-refractivity contribution is 7.98. The third kappa shape index (κ3) is 3.24. The van der Waals surface area contributed by atoms with Gasteiger partial charge in [0.15, 0.2) is 0 Å². The number of aryl methyl sites for hydroxylation is 1. The Morgan fingerprint density at radius 3 is 2.95 bits per heavy atom. The lowest BCUT2D eigenvalue weighted by molar-refractivity contribution is -0.384. The third-order valence-corrected chi connectivity index (χ3v) is 3.29. The van der Waals surface area contributed by atoms with Crippen molar-refractivity contribution in [2.24, 2.45) is 5.84 Å². The third-order valence-electron chi connectivity index (χ3n) is 2.37. The molecule has 0 aliphatic rings. The van der Waals surface area contributed by atoms with Crippen LogP contribution in [0.4, 0.5) is 11.4 Å². The average Bonchev–Trinajstić information content (AvgIpc) is 2.81. The number of nitro benzene ring substituents is 1. The van der Waals surface area contributed by atoms with Crippen molar-refractivity contribution in [1.82, 2.24) is 4.98 Å². The van der Waals surface area contributed by atoms with Crippen LogP contribution in [0.25, 0.3) is 0 Å². The molecule has 0 saturated carbocycles. The van der Waals surface area contributed by atoms with Crippen molar-refractivity contribution < 1.29 is 9.34 Å². The minimum absolute atomic E-state index is 0.0517. The lowest BCUT2D eigenvalue weighted by atomic mass is 10.2. The highest BCUT2D eigenvalue weighted by Gasteiger charge is 2.14. The maximum absolute atomic E-state index is 10.9. The number of anilines is 1. The molecular formula is C11H12N4O3S. The molecule has 0 aliphatic heterocycles. The van der Waals surface area contributed by atoms with E-state index in [1.807, 2.05) is 6.92 Å². The Morgan fingerprint density at radius 2 is 2.37 bits per heavy atom. The van der Waals surface area contributed by atoms with Gasteiger partial charge in [0.1, 0.15) is 12.0 Å². The van der Waals surface area contributed by atoms with Crippen LogP contribution in [0.3, 0.4) is 0 Å². The van der Waals surface area contributed by atoms with Crippen LogP contribution in [-0.4, -0.2) is 9.91 Å². The van der Waals surface area contributed by atoms with E-state index < -0.39 is 4.92 Å². The lowest BCUT2D eigenvalue weighted by Gasteiger charge is -2.04. The summed E-state index contributed by atoms with van der Waals surface area (Å²) in [6.07, 6.45) is 1.56. The number of benzene rings is 1. The summed E-state index contributed by atoms with van der Waals surface area (Å²) < 4.78 is 5.19. The van der Waals surface area contributed by atoms with E-state index >= 15 is 0 Å². The summed E-state index contributed by atoms with van der Waals surface area (Å²) in [6, 6.07) is 4.83. The van der Waals surface area contributed by atoms with Gasteiger partial charge in [0, 0.05) is 11.8 Å². The molecule has 7 nitrogen and oxygen atoms in total. The van der Waals surface area contributed by atoms with Gasteiger partial charge in [-0.1, -0.05) is 17.8 Å². The molecule has 1 heterocycles. The van der Waals surface area contributed by atoms with E-state index in [4.69, 9.17) is 10.3 Å². The number of hydrogen-bond acceptors (Lipinski definition) is 7. The van der Waals surface area contributed by atoms with Gasteiger partial charge < -0.3 is 9.84 Å². The van der Waals surface area contributed by atoms with E-state index in [1.165, 1.54) is 17.8 Å². The smallest absolute Gasteiger partial charge is 0.293 e. The highest BCUT2D eigenvalue weighted by atomic mass is 32.2. The van der Waals surface area contributed by atoms with Gasteiger partial charge in [0.2, 0.25) is 0 Å². The van der Waals surface area contributed by atoms with Crippen molar-refractivity contribution in [3.63, 3.8) is 0 Å². The Balaban J connectivity index is 2.12. The molecule has 2 aromatic rings. The summed E-state index contributed by atoms with van der Waals surface area (Å²) >= 11 is 1.38. The Kier molecular flexibility index (Phi) is 4.03. The topological polar surface area (TPSA) is 107 Å². The van der Waals surface area contributed by atoms with Gasteiger partial charge in [0.05, 0.1) is 10.6 Å². The van der Waals surface area contributed by atoms with E-state index in [2.05, 4.69) is 10.4 Å². The summed E-state index contributed by atoms with van der Waals surface area (Å²) in [5.74, 6) is 5.76. The molecule has 0 radical (unpaired) electrons. The molecule has 3 N–H and O–H groups in total. The van der Waals surface area contributed by atoms with Gasteiger partial charge in [-0.15, -0.1) is 0 Å². The van der Waals surface area contributed by atoms with Crippen molar-refractivity contribution in [2.75, 3.05) is 5.43 Å². The molecule has 19 heavy (non-hydrogen) atoms. The molecule has 2 rings (SSSR count). The van der Waals surface area contributed by atoms with Crippen molar-refractivity contribution in [2.45, 2.75) is 17.9 Å². The highest BCUT2D eigenvalue weighted by Crippen LogP contribution is 2.28. The van der Waals surface area contributed by atoms with Crippen LogP contribution in [0, 0.1) is 17.0 Å². The van der Waals surface area contributed by atoms with Crippen molar-refractivity contribution in [3.05, 3.63) is 45.8 Å². The van der Waals surface area contributed by atoms with Gasteiger partial charge in [-0.05, 0) is 18.6 Å².